The molecule has 0 spiro atoms. The molecule has 0 unspecified atom stereocenters. The van der Waals surface area contributed by atoms with Crippen LogP contribution in [0.25, 0.3) is 0 Å². The van der Waals surface area contributed by atoms with Crippen LogP contribution >= 0.6 is 0 Å². The van der Waals surface area contributed by atoms with Gasteiger partial charge in [-0.1, -0.05) is 12.1 Å². The molecule has 0 aromatic heterocycles. The van der Waals surface area contributed by atoms with E-state index in [0.717, 1.165) is 64.3 Å². The molecule has 2 aliphatic heterocycles. The van der Waals surface area contributed by atoms with Gasteiger partial charge < -0.3 is 9.64 Å². The van der Waals surface area contributed by atoms with E-state index in [9.17, 15) is 9.18 Å². The lowest BCUT2D eigenvalue weighted by atomic mass is 9.96. The molecule has 4 rings (SSSR count). The van der Waals surface area contributed by atoms with Crippen molar-refractivity contribution in [3.8, 4) is 0 Å². The lowest BCUT2D eigenvalue weighted by Crippen LogP contribution is -2.46. The lowest BCUT2D eigenvalue weighted by Gasteiger charge is -2.37. The summed E-state index contributed by atoms with van der Waals surface area (Å²) in [7, 11) is 0. The SMILES string of the molecule is O=C([C@@H]1C[C@@H]1c1cccc(F)c1)N1CCC[C@H](CN2CCOCC2)C1. The Balaban J connectivity index is 1.31. The molecule has 3 fully saturated rings. The zero-order valence-electron chi connectivity index (χ0n) is 14.7. The van der Waals surface area contributed by atoms with Gasteiger partial charge in [0.15, 0.2) is 0 Å². The Morgan fingerprint density at radius 3 is 2.88 bits per heavy atom. The van der Waals surface area contributed by atoms with Gasteiger partial charge in [0.05, 0.1) is 13.2 Å². The van der Waals surface area contributed by atoms with Gasteiger partial charge in [-0.15, -0.1) is 0 Å². The van der Waals surface area contributed by atoms with Crippen LogP contribution in [-0.4, -0.2) is 61.6 Å². The Bertz CT molecular complexity index is 617. The number of nitrogens with zero attached hydrogens (tertiary/aromatic N) is 2. The van der Waals surface area contributed by atoms with E-state index >= 15 is 0 Å². The zero-order chi connectivity index (χ0) is 17.2. The molecule has 25 heavy (non-hydrogen) atoms. The monoisotopic (exact) mass is 346 g/mol. The topological polar surface area (TPSA) is 32.8 Å². The van der Waals surface area contributed by atoms with Crippen molar-refractivity contribution in [2.75, 3.05) is 45.9 Å². The third kappa shape index (κ3) is 4.04. The highest BCUT2D eigenvalue weighted by molar-refractivity contribution is 5.83. The third-order valence-corrected chi connectivity index (χ3v) is 5.84. The number of benzene rings is 1. The highest BCUT2D eigenvalue weighted by Gasteiger charge is 2.46. The Morgan fingerprint density at radius 1 is 1.24 bits per heavy atom. The highest BCUT2D eigenvalue weighted by atomic mass is 19.1. The Hall–Kier alpha value is -1.46. The number of amides is 1. The molecule has 136 valence electrons. The predicted molar refractivity (Wildman–Crippen MR) is 93.8 cm³/mol. The summed E-state index contributed by atoms with van der Waals surface area (Å²) in [4.78, 5) is 17.4. The fraction of sp³-hybridized carbons (Fsp3) is 0.650. The second kappa shape index (κ2) is 7.42. The Morgan fingerprint density at radius 2 is 2.08 bits per heavy atom. The minimum absolute atomic E-state index is 0.0592. The number of ether oxygens (including phenoxy) is 1. The van der Waals surface area contributed by atoms with E-state index in [2.05, 4.69) is 9.80 Å². The summed E-state index contributed by atoms with van der Waals surface area (Å²) >= 11 is 0. The number of piperidine rings is 1. The van der Waals surface area contributed by atoms with E-state index in [0.29, 0.717) is 5.92 Å². The number of halogens is 1. The van der Waals surface area contributed by atoms with Gasteiger partial charge in [-0.3, -0.25) is 9.69 Å². The predicted octanol–water partition coefficient (Wildman–Crippen LogP) is 2.50. The van der Waals surface area contributed by atoms with Gasteiger partial charge in [0.2, 0.25) is 5.91 Å². The second-order valence-electron chi connectivity index (χ2n) is 7.71. The molecule has 5 heteroatoms. The molecule has 1 aliphatic carbocycles. The Labute approximate surface area is 148 Å². The van der Waals surface area contributed by atoms with Gasteiger partial charge in [-0.25, -0.2) is 4.39 Å². The summed E-state index contributed by atoms with van der Waals surface area (Å²) in [6.07, 6.45) is 3.17. The minimum atomic E-state index is -0.209. The molecule has 0 bridgehead atoms. The molecule has 2 saturated heterocycles. The van der Waals surface area contributed by atoms with E-state index in [-0.39, 0.29) is 23.6 Å². The van der Waals surface area contributed by atoms with Crippen LogP contribution in [0.3, 0.4) is 0 Å². The summed E-state index contributed by atoms with van der Waals surface area (Å²) in [6, 6.07) is 6.72. The molecule has 1 aromatic carbocycles. The van der Waals surface area contributed by atoms with Crippen LogP contribution in [0, 0.1) is 17.7 Å². The first-order valence-corrected chi connectivity index (χ1v) is 9.55. The van der Waals surface area contributed by atoms with Crippen LogP contribution in [0.15, 0.2) is 24.3 Å². The number of hydrogen-bond acceptors (Lipinski definition) is 3. The average molecular weight is 346 g/mol. The summed E-state index contributed by atoms with van der Waals surface area (Å²) in [5.41, 5.74) is 0.972. The average Bonchev–Trinajstić information content (AvgIpc) is 3.43. The van der Waals surface area contributed by atoms with Crippen molar-refractivity contribution in [3.05, 3.63) is 35.6 Å². The van der Waals surface area contributed by atoms with E-state index in [1.165, 1.54) is 12.5 Å². The van der Waals surface area contributed by atoms with Crippen LogP contribution in [0.1, 0.15) is 30.7 Å². The molecule has 0 N–H and O–H groups in total. The molecule has 3 atom stereocenters. The summed E-state index contributed by atoms with van der Waals surface area (Å²) < 4.78 is 18.8. The van der Waals surface area contributed by atoms with Crippen molar-refractivity contribution in [2.45, 2.75) is 25.2 Å². The van der Waals surface area contributed by atoms with Gasteiger partial charge in [0.1, 0.15) is 5.82 Å². The molecule has 1 amide bonds. The van der Waals surface area contributed by atoms with Gasteiger partial charge in [-0.2, -0.15) is 0 Å². The third-order valence-electron chi connectivity index (χ3n) is 5.84. The van der Waals surface area contributed by atoms with Gasteiger partial charge in [-0.05, 0) is 48.8 Å². The zero-order valence-corrected chi connectivity index (χ0v) is 14.7. The first-order chi connectivity index (χ1) is 12.2. The maximum absolute atomic E-state index is 13.4. The Kier molecular flexibility index (Phi) is 5.04. The first kappa shape index (κ1) is 17.0. The van der Waals surface area contributed by atoms with Crippen molar-refractivity contribution in [3.63, 3.8) is 0 Å². The first-order valence-electron chi connectivity index (χ1n) is 9.55. The fourth-order valence-electron chi connectivity index (χ4n) is 4.37. The molecule has 2 heterocycles. The molecule has 3 aliphatic rings. The number of carbonyl (C=O) groups is 1. The largest absolute Gasteiger partial charge is 0.379 e. The quantitative estimate of drug-likeness (QED) is 0.840. The lowest BCUT2D eigenvalue weighted by molar-refractivity contribution is -0.134. The summed E-state index contributed by atoms with van der Waals surface area (Å²) in [5.74, 6) is 0.911. The molecular weight excluding hydrogens is 319 g/mol. The number of hydrogen-bond donors (Lipinski definition) is 0. The molecular formula is C20H27FN2O2. The van der Waals surface area contributed by atoms with E-state index in [1.807, 2.05) is 6.07 Å². The highest BCUT2D eigenvalue weighted by Crippen LogP contribution is 2.48. The molecule has 4 nitrogen and oxygen atoms in total. The van der Waals surface area contributed by atoms with Crippen molar-refractivity contribution in [2.24, 2.45) is 11.8 Å². The number of rotatable bonds is 4. The maximum atomic E-state index is 13.4. The number of carbonyl (C=O) groups excluding carboxylic acids is 1. The number of morpholine rings is 1. The summed E-state index contributed by atoms with van der Waals surface area (Å²) in [6.45, 7) is 6.50. The van der Waals surface area contributed by atoms with E-state index in [4.69, 9.17) is 4.74 Å². The fourth-order valence-corrected chi connectivity index (χ4v) is 4.37. The maximum Gasteiger partial charge on any atom is 0.226 e. The van der Waals surface area contributed by atoms with E-state index < -0.39 is 0 Å². The summed E-state index contributed by atoms with van der Waals surface area (Å²) in [5, 5.41) is 0. The molecule has 1 aromatic rings. The van der Waals surface area contributed by atoms with Crippen LogP contribution < -0.4 is 0 Å². The minimum Gasteiger partial charge on any atom is -0.379 e. The van der Waals surface area contributed by atoms with Crippen LogP contribution in [0.4, 0.5) is 4.39 Å². The second-order valence-corrected chi connectivity index (χ2v) is 7.71. The van der Waals surface area contributed by atoms with Crippen molar-refractivity contribution >= 4 is 5.91 Å². The van der Waals surface area contributed by atoms with E-state index in [1.54, 1.807) is 12.1 Å². The molecule has 0 radical (unpaired) electrons. The normalized spacial score (nSPS) is 30.3. The molecule has 1 saturated carbocycles. The standard InChI is InChI=1S/C20H27FN2O2/c21-17-5-1-4-16(11-17)18-12-19(18)20(24)23-6-2-3-15(14-23)13-22-7-9-25-10-8-22/h1,4-5,11,15,18-19H,2-3,6-10,12-14H2/t15-,18-,19-/m1/s1. The van der Waals surface area contributed by atoms with Gasteiger partial charge >= 0.3 is 0 Å². The van der Waals surface area contributed by atoms with Crippen LogP contribution in [0.5, 0.6) is 0 Å². The van der Waals surface area contributed by atoms with Crippen LogP contribution in [-0.2, 0) is 9.53 Å². The van der Waals surface area contributed by atoms with Gasteiger partial charge in [0, 0.05) is 38.6 Å². The number of likely N-dealkylation sites (tertiary alicyclic amines) is 1. The smallest absolute Gasteiger partial charge is 0.226 e. The van der Waals surface area contributed by atoms with Crippen molar-refractivity contribution in [1.82, 2.24) is 9.80 Å². The van der Waals surface area contributed by atoms with Crippen LogP contribution in [0.2, 0.25) is 0 Å². The van der Waals surface area contributed by atoms with Crippen molar-refractivity contribution in [1.29, 1.82) is 0 Å². The van der Waals surface area contributed by atoms with Crippen molar-refractivity contribution < 1.29 is 13.9 Å². The van der Waals surface area contributed by atoms with Gasteiger partial charge in [0.25, 0.3) is 0 Å².